The van der Waals surface area contributed by atoms with Crippen molar-refractivity contribution in [1.82, 2.24) is 25.3 Å². The van der Waals surface area contributed by atoms with Crippen LogP contribution in [0.4, 0.5) is 5.69 Å². The fourth-order valence-electron chi connectivity index (χ4n) is 4.84. The third-order valence-electron chi connectivity index (χ3n) is 7.21. The van der Waals surface area contributed by atoms with Crippen molar-refractivity contribution in [1.29, 1.82) is 0 Å². The largest absolute Gasteiger partial charge is 0.349 e. The molecular formula is C29H32N6O2. The maximum Gasteiger partial charge on any atom is 0.249 e. The molecule has 2 amide bonds. The van der Waals surface area contributed by atoms with Crippen LogP contribution < -0.4 is 10.2 Å². The maximum atomic E-state index is 14.2. The molecule has 2 aromatic heterocycles. The molecule has 0 fully saturated rings. The van der Waals surface area contributed by atoms with E-state index in [1.54, 1.807) is 34.1 Å². The molecule has 5 rings (SSSR count). The number of fused-ring (bicyclic) bond motifs is 2. The van der Waals surface area contributed by atoms with Crippen molar-refractivity contribution in [3.05, 3.63) is 83.7 Å². The fourth-order valence-corrected chi connectivity index (χ4v) is 4.84. The van der Waals surface area contributed by atoms with E-state index in [9.17, 15) is 9.59 Å². The number of hydrogen-bond acceptors (Lipinski definition) is 5. The van der Waals surface area contributed by atoms with Crippen LogP contribution in [0.25, 0.3) is 11.0 Å². The molecule has 0 bridgehead atoms. The molecule has 2 aromatic carbocycles. The van der Waals surface area contributed by atoms with Gasteiger partial charge >= 0.3 is 0 Å². The van der Waals surface area contributed by atoms with Gasteiger partial charge in [-0.15, -0.1) is 5.10 Å². The average molecular weight is 497 g/mol. The number of pyridine rings is 1. The minimum Gasteiger partial charge on any atom is -0.349 e. The van der Waals surface area contributed by atoms with Crippen LogP contribution in [-0.2, 0) is 29.0 Å². The summed E-state index contributed by atoms with van der Waals surface area (Å²) in [5.74, 6) is -0.491. The highest BCUT2D eigenvalue weighted by atomic mass is 16.2. The standard InChI is InChI=1S/C29H32N6O2/c1-4-29(2,3)31-28(37)27(21-14-16-30-17-15-21)35(23-13-12-20-8-7-9-22(20)18-23)26(36)19-34-25-11-6-5-10-24(25)32-33-34/h5-6,10-18,27H,4,7-9,19H2,1-3H3,(H,31,37). The second-order valence-corrected chi connectivity index (χ2v) is 10.2. The van der Waals surface area contributed by atoms with Crippen LogP contribution >= 0.6 is 0 Å². The van der Waals surface area contributed by atoms with Gasteiger partial charge in [0.25, 0.3) is 0 Å². The molecule has 0 radical (unpaired) electrons. The SMILES string of the molecule is CCC(C)(C)NC(=O)C(c1ccncc1)N(C(=O)Cn1nnc2ccccc21)c1ccc2c(c1)CCC2. The Kier molecular flexibility index (Phi) is 6.74. The normalized spacial score (nSPS) is 13.8. The summed E-state index contributed by atoms with van der Waals surface area (Å²) in [6.45, 7) is 5.94. The molecule has 0 spiro atoms. The van der Waals surface area contributed by atoms with Crippen LogP contribution in [0, 0.1) is 0 Å². The van der Waals surface area contributed by atoms with E-state index in [0.29, 0.717) is 16.8 Å². The van der Waals surface area contributed by atoms with E-state index in [1.807, 2.05) is 51.1 Å². The highest BCUT2D eigenvalue weighted by Crippen LogP contribution is 2.33. The van der Waals surface area contributed by atoms with Crippen molar-refractivity contribution < 1.29 is 9.59 Å². The van der Waals surface area contributed by atoms with Crippen LogP contribution in [-0.4, -0.2) is 37.3 Å². The van der Waals surface area contributed by atoms with Crippen molar-refractivity contribution in [2.45, 2.75) is 64.6 Å². The molecule has 8 nitrogen and oxygen atoms in total. The number of rotatable bonds is 8. The molecule has 2 heterocycles. The summed E-state index contributed by atoms with van der Waals surface area (Å²) in [6.07, 6.45) is 7.14. The van der Waals surface area contributed by atoms with Gasteiger partial charge in [-0.3, -0.25) is 19.5 Å². The Labute approximate surface area is 216 Å². The molecule has 1 aliphatic carbocycles. The molecule has 1 unspecified atom stereocenters. The van der Waals surface area contributed by atoms with Gasteiger partial charge in [-0.05, 0) is 92.6 Å². The minimum absolute atomic E-state index is 0.0520. The quantitative estimate of drug-likeness (QED) is 0.390. The molecule has 0 saturated heterocycles. The predicted octanol–water partition coefficient (Wildman–Crippen LogP) is 4.39. The van der Waals surface area contributed by atoms with Gasteiger partial charge in [0.2, 0.25) is 11.8 Å². The number of benzene rings is 2. The molecule has 190 valence electrons. The summed E-state index contributed by atoms with van der Waals surface area (Å²) < 4.78 is 1.59. The summed E-state index contributed by atoms with van der Waals surface area (Å²) in [6, 6.07) is 16.3. The van der Waals surface area contributed by atoms with Gasteiger partial charge in [-0.2, -0.15) is 0 Å². The zero-order chi connectivity index (χ0) is 26.0. The van der Waals surface area contributed by atoms with E-state index >= 15 is 0 Å². The lowest BCUT2D eigenvalue weighted by molar-refractivity contribution is -0.128. The van der Waals surface area contributed by atoms with Crippen molar-refractivity contribution >= 4 is 28.5 Å². The number of carbonyl (C=O) groups excluding carboxylic acids is 2. The molecule has 1 N–H and O–H groups in total. The number of para-hydroxylation sites is 1. The van der Waals surface area contributed by atoms with Crippen LogP contribution in [0.15, 0.2) is 67.0 Å². The highest BCUT2D eigenvalue weighted by molar-refractivity contribution is 6.01. The number of carbonyl (C=O) groups is 2. The highest BCUT2D eigenvalue weighted by Gasteiger charge is 2.35. The Bertz CT molecular complexity index is 1430. The zero-order valence-electron chi connectivity index (χ0n) is 21.5. The van der Waals surface area contributed by atoms with E-state index in [2.05, 4.69) is 32.7 Å². The van der Waals surface area contributed by atoms with Crippen LogP contribution in [0.3, 0.4) is 0 Å². The minimum atomic E-state index is -0.879. The van der Waals surface area contributed by atoms with Gasteiger partial charge in [0, 0.05) is 23.6 Å². The van der Waals surface area contributed by atoms with Crippen molar-refractivity contribution in [3.63, 3.8) is 0 Å². The molecular weight excluding hydrogens is 464 g/mol. The Morgan fingerprint density at radius 1 is 1.05 bits per heavy atom. The predicted molar refractivity (Wildman–Crippen MR) is 143 cm³/mol. The van der Waals surface area contributed by atoms with Gasteiger partial charge < -0.3 is 5.32 Å². The topological polar surface area (TPSA) is 93.0 Å². The molecule has 1 aliphatic rings. The van der Waals surface area contributed by atoms with Crippen LogP contribution in [0.5, 0.6) is 0 Å². The van der Waals surface area contributed by atoms with Gasteiger partial charge in [-0.25, -0.2) is 4.68 Å². The lowest BCUT2D eigenvalue weighted by Gasteiger charge is -2.34. The summed E-state index contributed by atoms with van der Waals surface area (Å²) in [5, 5.41) is 11.6. The fraction of sp³-hybridized carbons (Fsp3) is 0.345. The van der Waals surface area contributed by atoms with E-state index in [1.165, 1.54) is 11.1 Å². The Hall–Kier alpha value is -4.07. The first-order valence-electron chi connectivity index (χ1n) is 12.8. The van der Waals surface area contributed by atoms with Crippen LogP contribution in [0.2, 0.25) is 0 Å². The summed E-state index contributed by atoms with van der Waals surface area (Å²) >= 11 is 0. The summed E-state index contributed by atoms with van der Waals surface area (Å²) in [5.41, 5.74) is 4.96. The van der Waals surface area contributed by atoms with Gasteiger partial charge in [0.05, 0.1) is 5.52 Å². The first kappa shape index (κ1) is 24.6. The molecule has 0 saturated carbocycles. The number of aryl methyl sites for hydroxylation is 2. The number of nitrogens with one attached hydrogen (secondary N) is 1. The Morgan fingerprint density at radius 2 is 1.81 bits per heavy atom. The van der Waals surface area contributed by atoms with Gasteiger partial charge in [0.1, 0.15) is 18.1 Å². The lowest BCUT2D eigenvalue weighted by Crippen LogP contribution is -2.51. The Morgan fingerprint density at radius 3 is 2.59 bits per heavy atom. The lowest BCUT2D eigenvalue weighted by atomic mass is 9.98. The zero-order valence-corrected chi connectivity index (χ0v) is 21.5. The third-order valence-corrected chi connectivity index (χ3v) is 7.21. The smallest absolute Gasteiger partial charge is 0.249 e. The number of aromatic nitrogens is 4. The van der Waals surface area contributed by atoms with Crippen molar-refractivity contribution in [2.24, 2.45) is 0 Å². The van der Waals surface area contributed by atoms with Gasteiger partial charge in [0.15, 0.2) is 0 Å². The summed E-state index contributed by atoms with van der Waals surface area (Å²) in [7, 11) is 0. The molecule has 1 atom stereocenters. The first-order chi connectivity index (χ1) is 17.9. The molecule has 37 heavy (non-hydrogen) atoms. The molecule has 0 aliphatic heterocycles. The van der Waals surface area contributed by atoms with Crippen molar-refractivity contribution in [2.75, 3.05) is 4.90 Å². The second kappa shape index (κ2) is 10.1. The second-order valence-electron chi connectivity index (χ2n) is 10.2. The number of anilines is 1. The Balaban J connectivity index is 1.60. The van der Waals surface area contributed by atoms with E-state index < -0.39 is 11.6 Å². The van der Waals surface area contributed by atoms with E-state index in [-0.39, 0.29) is 18.4 Å². The van der Waals surface area contributed by atoms with Crippen LogP contribution in [0.1, 0.15) is 56.3 Å². The molecule has 4 aromatic rings. The molecule has 8 heteroatoms. The van der Waals surface area contributed by atoms with Gasteiger partial charge in [-0.1, -0.05) is 30.3 Å². The average Bonchev–Trinajstić information content (AvgIpc) is 3.54. The van der Waals surface area contributed by atoms with E-state index in [0.717, 1.165) is 31.2 Å². The number of hydrogen-bond donors (Lipinski definition) is 1. The van der Waals surface area contributed by atoms with Crippen molar-refractivity contribution in [3.8, 4) is 0 Å². The monoisotopic (exact) mass is 496 g/mol. The third kappa shape index (κ3) is 5.09. The number of amides is 2. The van der Waals surface area contributed by atoms with E-state index in [4.69, 9.17) is 0 Å². The maximum absolute atomic E-state index is 14.2. The summed E-state index contributed by atoms with van der Waals surface area (Å²) in [4.78, 5) is 33.8. The number of nitrogens with zero attached hydrogens (tertiary/aromatic N) is 5. The first-order valence-corrected chi connectivity index (χ1v) is 12.8.